The van der Waals surface area contributed by atoms with Gasteiger partial charge >= 0.3 is 0 Å². The summed E-state index contributed by atoms with van der Waals surface area (Å²) in [6.45, 7) is 4.45. The fourth-order valence-corrected chi connectivity index (χ4v) is 2.94. The van der Waals surface area contributed by atoms with E-state index in [0.717, 1.165) is 30.5 Å². The summed E-state index contributed by atoms with van der Waals surface area (Å²) in [6.07, 6.45) is 7.12. The van der Waals surface area contributed by atoms with Crippen molar-refractivity contribution in [1.82, 2.24) is 5.32 Å². The van der Waals surface area contributed by atoms with E-state index in [0.29, 0.717) is 0 Å². The molecule has 0 saturated carbocycles. The zero-order valence-corrected chi connectivity index (χ0v) is 13.7. The van der Waals surface area contributed by atoms with E-state index >= 15 is 0 Å². The van der Waals surface area contributed by atoms with E-state index in [-0.39, 0.29) is 0 Å². The summed E-state index contributed by atoms with van der Waals surface area (Å²) in [7, 11) is 0. The van der Waals surface area contributed by atoms with E-state index in [4.69, 9.17) is 11.6 Å². The number of hydrogen-bond acceptors (Lipinski definition) is 2. The summed E-state index contributed by atoms with van der Waals surface area (Å²) in [5.41, 5.74) is 1.36. The monoisotopic (exact) mass is 299 g/mol. The van der Waals surface area contributed by atoms with Crippen LogP contribution in [0.3, 0.4) is 0 Å². The Bertz CT molecular complexity index is 333. The third-order valence-electron chi connectivity index (χ3n) is 3.23. The van der Waals surface area contributed by atoms with Crippen molar-refractivity contribution in [1.29, 1.82) is 0 Å². The fourth-order valence-electron chi connectivity index (χ4n) is 2.27. The Morgan fingerprint density at radius 2 is 2.21 bits per heavy atom. The van der Waals surface area contributed by atoms with Crippen LogP contribution >= 0.6 is 23.4 Å². The molecule has 1 atom stereocenters. The van der Waals surface area contributed by atoms with Gasteiger partial charge in [0.2, 0.25) is 0 Å². The zero-order valence-electron chi connectivity index (χ0n) is 12.1. The van der Waals surface area contributed by atoms with Gasteiger partial charge in [-0.05, 0) is 74.4 Å². The molecule has 3 heteroatoms. The molecule has 0 spiro atoms. The van der Waals surface area contributed by atoms with E-state index in [1.54, 1.807) is 0 Å². The lowest BCUT2D eigenvalue weighted by atomic mass is 9.95. The second-order valence-electron chi connectivity index (χ2n) is 5.04. The molecule has 0 aromatic heterocycles. The Morgan fingerprint density at radius 3 is 2.89 bits per heavy atom. The van der Waals surface area contributed by atoms with E-state index in [2.05, 4.69) is 36.7 Å². The van der Waals surface area contributed by atoms with Crippen LogP contribution in [-0.4, -0.2) is 25.1 Å². The van der Waals surface area contributed by atoms with Crippen LogP contribution in [0.15, 0.2) is 24.3 Å². The first-order chi connectivity index (χ1) is 9.26. The number of nitrogens with one attached hydrogen (secondary N) is 1. The number of thioether (sulfide) groups is 1. The maximum absolute atomic E-state index is 6.06. The lowest BCUT2D eigenvalue weighted by molar-refractivity contribution is 0.440. The normalized spacial score (nSPS) is 12.6. The van der Waals surface area contributed by atoms with Crippen LogP contribution in [0.2, 0.25) is 5.02 Å². The molecule has 0 bridgehead atoms. The van der Waals surface area contributed by atoms with Crippen molar-refractivity contribution >= 4 is 23.4 Å². The van der Waals surface area contributed by atoms with Gasteiger partial charge in [-0.1, -0.05) is 30.7 Å². The van der Waals surface area contributed by atoms with Crippen molar-refractivity contribution in [3.05, 3.63) is 34.9 Å². The average molecular weight is 300 g/mol. The number of rotatable bonds is 10. The van der Waals surface area contributed by atoms with Gasteiger partial charge in [0.15, 0.2) is 0 Å². The summed E-state index contributed by atoms with van der Waals surface area (Å²) in [4.78, 5) is 0. The molecular weight excluding hydrogens is 274 g/mol. The van der Waals surface area contributed by atoms with Gasteiger partial charge in [0.25, 0.3) is 0 Å². The molecule has 0 heterocycles. The van der Waals surface area contributed by atoms with Crippen molar-refractivity contribution in [3.8, 4) is 0 Å². The molecule has 0 aliphatic carbocycles. The standard InChI is InChI=1S/C16H26ClNS/c1-3-9-18-13-15(7-5-10-19-2)11-14-6-4-8-16(17)12-14/h4,6,8,12,15,18H,3,5,7,9-11,13H2,1-2H3. The summed E-state index contributed by atoms with van der Waals surface area (Å²) in [5, 5.41) is 4.41. The van der Waals surface area contributed by atoms with Crippen molar-refractivity contribution in [2.75, 3.05) is 25.1 Å². The highest BCUT2D eigenvalue weighted by atomic mass is 35.5. The summed E-state index contributed by atoms with van der Waals surface area (Å²) >= 11 is 8.00. The molecule has 0 aliphatic heterocycles. The van der Waals surface area contributed by atoms with Gasteiger partial charge in [0.05, 0.1) is 0 Å². The van der Waals surface area contributed by atoms with Gasteiger partial charge in [-0.3, -0.25) is 0 Å². The number of benzene rings is 1. The Labute approximate surface area is 127 Å². The molecule has 1 nitrogen and oxygen atoms in total. The Morgan fingerprint density at radius 1 is 1.37 bits per heavy atom. The maximum atomic E-state index is 6.06. The second kappa shape index (κ2) is 10.6. The molecule has 1 N–H and O–H groups in total. The molecule has 0 aliphatic rings. The highest BCUT2D eigenvalue weighted by Crippen LogP contribution is 2.18. The van der Waals surface area contributed by atoms with Crippen LogP contribution in [-0.2, 0) is 6.42 Å². The van der Waals surface area contributed by atoms with Crippen molar-refractivity contribution in [3.63, 3.8) is 0 Å². The first-order valence-corrected chi connectivity index (χ1v) is 8.97. The summed E-state index contributed by atoms with van der Waals surface area (Å²) in [6, 6.07) is 8.29. The molecule has 1 aromatic carbocycles. The van der Waals surface area contributed by atoms with E-state index in [9.17, 15) is 0 Å². The van der Waals surface area contributed by atoms with Crippen LogP contribution in [0.1, 0.15) is 31.7 Å². The number of halogens is 1. The summed E-state index contributed by atoms with van der Waals surface area (Å²) in [5.74, 6) is 1.98. The first-order valence-electron chi connectivity index (χ1n) is 7.20. The molecule has 1 rings (SSSR count). The Hall–Kier alpha value is -0.180. The molecule has 108 valence electrons. The summed E-state index contributed by atoms with van der Waals surface area (Å²) < 4.78 is 0. The van der Waals surface area contributed by atoms with Crippen LogP contribution < -0.4 is 5.32 Å². The molecule has 0 saturated heterocycles. The molecule has 0 amide bonds. The van der Waals surface area contributed by atoms with Crippen LogP contribution in [0, 0.1) is 5.92 Å². The van der Waals surface area contributed by atoms with Crippen LogP contribution in [0.25, 0.3) is 0 Å². The average Bonchev–Trinajstić information content (AvgIpc) is 2.39. The molecule has 0 fully saturated rings. The largest absolute Gasteiger partial charge is 0.316 e. The predicted molar refractivity (Wildman–Crippen MR) is 89.4 cm³/mol. The van der Waals surface area contributed by atoms with E-state index in [1.165, 1.54) is 30.6 Å². The van der Waals surface area contributed by atoms with Gasteiger partial charge in [-0.2, -0.15) is 11.8 Å². The minimum Gasteiger partial charge on any atom is -0.316 e. The minimum atomic E-state index is 0.720. The Kier molecular flexibility index (Phi) is 9.40. The third kappa shape index (κ3) is 7.86. The van der Waals surface area contributed by atoms with Gasteiger partial charge in [-0.25, -0.2) is 0 Å². The van der Waals surface area contributed by atoms with Crippen molar-refractivity contribution in [2.45, 2.75) is 32.6 Å². The SMILES string of the molecule is CCCNCC(CCCSC)Cc1cccc(Cl)c1. The van der Waals surface area contributed by atoms with Crippen molar-refractivity contribution in [2.24, 2.45) is 5.92 Å². The fraction of sp³-hybridized carbons (Fsp3) is 0.625. The number of hydrogen-bond donors (Lipinski definition) is 1. The van der Waals surface area contributed by atoms with Crippen LogP contribution in [0.5, 0.6) is 0 Å². The molecular formula is C16H26ClNS. The third-order valence-corrected chi connectivity index (χ3v) is 4.17. The van der Waals surface area contributed by atoms with E-state index < -0.39 is 0 Å². The minimum absolute atomic E-state index is 0.720. The predicted octanol–water partition coefficient (Wildman–Crippen LogP) is 4.64. The highest BCUT2D eigenvalue weighted by Gasteiger charge is 2.09. The quantitative estimate of drug-likeness (QED) is 0.632. The smallest absolute Gasteiger partial charge is 0.0408 e. The highest BCUT2D eigenvalue weighted by molar-refractivity contribution is 7.98. The first kappa shape index (κ1) is 16.9. The molecule has 19 heavy (non-hydrogen) atoms. The van der Waals surface area contributed by atoms with Crippen LogP contribution in [0.4, 0.5) is 0 Å². The van der Waals surface area contributed by atoms with Gasteiger partial charge in [0, 0.05) is 5.02 Å². The Balaban J connectivity index is 2.46. The second-order valence-corrected chi connectivity index (χ2v) is 6.46. The molecule has 1 unspecified atom stereocenters. The van der Waals surface area contributed by atoms with Gasteiger partial charge in [-0.15, -0.1) is 0 Å². The molecule has 1 aromatic rings. The molecule has 0 radical (unpaired) electrons. The zero-order chi connectivity index (χ0) is 13.9. The lowest BCUT2D eigenvalue weighted by Crippen LogP contribution is -2.25. The lowest BCUT2D eigenvalue weighted by Gasteiger charge is -2.17. The van der Waals surface area contributed by atoms with Gasteiger partial charge in [0.1, 0.15) is 0 Å². The van der Waals surface area contributed by atoms with E-state index in [1.807, 2.05) is 17.8 Å². The maximum Gasteiger partial charge on any atom is 0.0408 e. The van der Waals surface area contributed by atoms with Crippen molar-refractivity contribution < 1.29 is 0 Å². The van der Waals surface area contributed by atoms with Gasteiger partial charge < -0.3 is 5.32 Å². The topological polar surface area (TPSA) is 12.0 Å².